The molecule has 0 aromatic heterocycles. The molecule has 2 rings (SSSR count). The summed E-state index contributed by atoms with van der Waals surface area (Å²) in [7, 11) is 4.09. The van der Waals surface area contributed by atoms with Crippen LogP contribution in [-0.2, 0) is 0 Å². The molecule has 0 radical (unpaired) electrons. The van der Waals surface area contributed by atoms with Gasteiger partial charge in [0.15, 0.2) is 5.11 Å². The molecule has 0 aliphatic rings. The first kappa shape index (κ1) is 18.0. The van der Waals surface area contributed by atoms with E-state index >= 15 is 0 Å². The van der Waals surface area contributed by atoms with Crippen molar-refractivity contribution < 1.29 is 0 Å². The van der Waals surface area contributed by atoms with Gasteiger partial charge in [-0.1, -0.05) is 36.4 Å². The van der Waals surface area contributed by atoms with Gasteiger partial charge in [0.25, 0.3) is 0 Å². The summed E-state index contributed by atoms with van der Waals surface area (Å²) in [5.74, 6) is 0. The third-order valence-corrected chi connectivity index (χ3v) is 3.69. The summed E-state index contributed by atoms with van der Waals surface area (Å²) in [6, 6.07) is 17.0. The molecule has 2 N–H and O–H groups in total. The van der Waals surface area contributed by atoms with Crippen LogP contribution in [0.15, 0.2) is 48.5 Å². The second kappa shape index (κ2) is 8.50. The lowest BCUT2D eigenvalue weighted by molar-refractivity contribution is 0.739. The van der Waals surface area contributed by atoms with Crippen molar-refractivity contribution in [2.24, 2.45) is 0 Å². The summed E-state index contributed by atoms with van der Waals surface area (Å²) in [6.45, 7) is 4.12. The number of thiocarbonyl (C=S) groups is 1. The van der Waals surface area contributed by atoms with Gasteiger partial charge in [-0.3, -0.25) is 0 Å². The maximum Gasteiger partial charge on any atom is 0.170 e. The molecule has 4 heteroatoms. The van der Waals surface area contributed by atoms with E-state index < -0.39 is 0 Å². The fourth-order valence-electron chi connectivity index (χ4n) is 2.18. The summed E-state index contributed by atoms with van der Waals surface area (Å²) in [6.07, 6.45) is 4.23. The minimum absolute atomic E-state index is 0.325. The van der Waals surface area contributed by atoms with E-state index in [2.05, 4.69) is 77.9 Å². The van der Waals surface area contributed by atoms with Crippen molar-refractivity contribution in [2.45, 2.75) is 19.9 Å². The number of hydrogen-bond donors (Lipinski definition) is 2. The molecule has 2 aromatic carbocycles. The molecular weight excluding hydrogens is 314 g/mol. The number of benzene rings is 2. The first-order valence-corrected chi connectivity index (χ1v) is 8.48. The van der Waals surface area contributed by atoms with E-state index in [4.69, 9.17) is 12.2 Å². The fourth-order valence-corrected chi connectivity index (χ4v) is 2.54. The summed E-state index contributed by atoms with van der Waals surface area (Å²) in [5.41, 5.74) is 4.53. The zero-order chi connectivity index (χ0) is 17.5. The minimum atomic E-state index is 0.325. The average Bonchev–Trinajstić information content (AvgIpc) is 2.54. The third kappa shape index (κ3) is 5.70. The predicted molar refractivity (Wildman–Crippen MR) is 111 cm³/mol. The molecule has 0 aliphatic heterocycles. The molecule has 0 heterocycles. The first-order valence-electron chi connectivity index (χ1n) is 8.07. The van der Waals surface area contributed by atoms with Crippen LogP contribution in [-0.4, -0.2) is 25.2 Å². The van der Waals surface area contributed by atoms with Crippen molar-refractivity contribution >= 4 is 40.9 Å². The van der Waals surface area contributed by atoms with Gasteiger partial charge in [-0.2, -0.15) is 0 Å². The van der Waals surface area contributed by atoms with E-state index in [-0.39, 0.29) is 0 Å². The topological polar surface area (TPSA) is 27.3 Å². The Bertz CT molecular complexity index is 686. The quantitative estimate of drug-likeness (QED) is 0.614. The van der Waals surface area contributed by atoms with E-state index in [9.17, 15) is 0 Å². The molecule has 0 aliphatic carbocycles. The molecule has 126 valence electrons. The molecule has 2 aromatic rings. The van der Waals surface area contributed by atoms with Gasteiger partial charge in [-0.05, 0) is 61.5 Å². The number of hydrogen-bond acceptors (Lipinski definition) is 2. The van der Waals surface area contributed by atoms with Crippen molar-refractivity contribution in [3.63, 3.8) is 0 Å². The van der Waals surface area contributed by atoms with Gasteiger partial charge in [0, 0.05) is 31.5 Å². The van der Waals surface area contributed by atoms with Crippen molar-refractivity contribution in [3.05, 3.63) is 59.7 Å². The Morgan fingerprint density at radius 2 is 1.42 bits per heavy atom. The standard InChI is InChI=1S/C20H25N3S/c1-15(2)21-20(24)22-18-11-7-16(8-12-18)5-6-17-9-13-19(14-10-17)23(3)4/h5-15H,1-4H3,(H2,21,22,24)/b6-5+. The molecule has 0 amide bonds. The van der Waals surface area contributed by atoms with E-state index in [1.807, 2.05) is 26.2 Å². The van der Waals surface area contributed by atoms with Crippen molar-refractivity contribution in [1.82, 2.24) is 5.32 Å². The van der Waals surface area contributed by atoms with Crippen LogP contribution in [0.2, 0.25) is 0 Å². The van der Waals surface area contributed by atoms with Crippen molar-refractivity contribution in [3.8, 4) is 0 Å². The Hall–Kier alpha value is -2.33. The van der Waals surface area contributed by atoms with Gasteiger partial charge in [0.05, 0.1) is 0 Å². The summed E-state index contributed by atoms with van der Waals surface area (Å²) < 4.78 is 0. The van der Waals surface area contributed by atoms with Gasteiger partial charge < -0.3 is 15.5 Å². The highest BCUT2D eigenvalue weighted by atomic mass is 32.1. The van der Waals surface area contributed by atoms with E-state index in [0.29, 0.717) is 11.2 Å². The Kier molecular flexibility index (Phi) is 6.38. The lowest BCUT2D eigenvalue weighted by atomic mass is 10.1. The molecule has 0 saturated carbocycles. The highest BCUT2D eigenvalue weighted by Crippen LogP contribution is 2.16. The Labute approximate surface area is 150 Å². The van der Waals surface area contributed by atoms with Crippen LogP contribution in [0.3, 0.4) is 0 Å². The van der Waals surface area contributed by atoms with Gasteiger partial charge >= 0.3 is 0 Å². The van der Waals surface area contributed by atoms with Gasteiger partial charge in [0.2, 0.25) is 0 Å². The molecule has 24 heavy (non-hydrogen) atoms. The highest BCUT2D eigenvalue weighted by Gasteiger charge is 1.99. The average molecular weight is 340 g/mol. The Morgan fingerprint density at radius 1 is 0.917 bits per heavy atom. The molecule has 0 saturated heterocycles. The zero-order valence-corrected chi connectivity index (χ0v) is 15.5. The van der Waals surface area contributed by atoms with E-state index in [1.54, 1.807) is 0 Å². The third-order valence-electron chi connectivity index (χ3n) is 3.47. The minimum Gasteiger partial charge on any atom is -0.378 e. The van der Waals surface area contributed by atoms with Crippen LogP contribution < -0.4 is 15.5 Å². The lowest BCUT2D eigenvalue weighted by Gasteiger charge is -2.13. The Morgan fingerprint density at radius 3 is 1.88 bits per heavy atom. The number of nitrogens with zero attached hydrogens (tertiary/aromatic N) is 1. The largest absolute Gasteiger partial charge is 0.378 e. The monoisotopic (exact) mass is 339 g/mol. The zero-order valence-electron chi connectivity index (χ0n) is 14.7. The predicted octanol–water partition coefficient (Wildman–Crippen LogP) is 4.62. The van der Waals surface area contributed by atoms with Crippen molar-refractivity contribution in [2.75, 3.05) is 24.3 Å². The molecule has 0 bridgehead atoms. The SMILES string of the molecule is CC(C)NC(=S)Nc1ccc(/C=C/c2ccc(N(C)C)cc2)cc1. The maximum absolute atomic E-state index is 5.25. The summed E-state index contributed by atoms with van der Waals surface area (Å²) in [4.78, 5) is 2.10. The Balaban J connectivity index is 1.96. The number of anilines is 2. The highest BCUT2D eigenvalue weighted by molar-refractivity contribution is 7.80. The van der Waals surface area contributed by atoms with Crippen LogP contribution in [0.5, 0.6) is 0 Å². The molecule has 3 nitrogen and oxygen atoms in total. The fraction of sp³-hybridized carbons (Fsp3) is 0.250. The molecule has 0 atom stereocenters. The number of nitrogens with one attached hydrogen (secondary N) is 2. The van der Waals surface area contributed by atoms with E-state index in [1.165, 1.54) is 11.3 Å². The van der Waals surface area contributed by atoms with E-state index in [0.717, 1.165) is 11.3 Å². The van der Waals surface area contributed by atoms with Crippen LogP contribution in [0.1, 0.15) is 25.0 Å². The molecule has 0 spiro atoms. The second-order valence-corrected chi connectivity index (χ2v) is 6.60. The van der Waals surface area contributed by atoms with Gasteiger partial charge in [-0.25, -0.2) is 0 Å². The second-order valence-electron chi connectivity index (χ2n) is 6.19. The molecule has 0 fully saturated rings. The molecular formula is C20H25N3S. The smallest absolute Gasteiger partial charge is 0.170 e. The van der Waals surface area contributed by atoms with Crippen LogP contribution in [0.25, 0.3) is 12.2 Å². The van der Waals surface area contributed by atoms with Crippen LogP contribution in [0, 0.1) is 0 Å². The summed E-state index contributed by atoms with van der Waals surface area (Å²) in [5, 5.41) is 7.00. The lowest BCUT2D eigenvalue weighted by Crippen LogP contribution is -2.33. The van der Waals surface area contributed by atoms with Gasteiger partial charge in [-0.15, -0.1) is 0 Å². The van der Waals surface area contributed by atoms with Gasteiger partial charge in [0.1, 0.15) is 0 Å². The van der Waals surface area contributed by atoms with Crippen molar-refractivity contribution in [1.29, 1.82) is 0 Å². The summed E-state index contributed by atoms with van der Waals surface area (Å²) >= 11 is 5.25. The molecule has 0 unspecified atom stereocenters. The number of rotatable bonds is 5. The normalized spacial score (nSPS) is 10.9. The van der Waals surface area contributed by atoms with Crippen LogP contribution in [0.4, 0.5) is 11.4 Å². The first-order chi connectivity index (χ1) is 11.4. The maximum atomic E-state index is 5.25. The van der Waals surface area contributed by atoms with Crippen LogP contribution >= 0.6 is 12.2 Å².